The van der Waals surface area contributed by atoms with E-state index in [1.54, 1.807) is 16.8 Å². The molecule has 0 spiro atoms. The molecule has 4 heterocycles. The SMILES string of the molecule is C/C=C1/C[N+]23CCc4c([nH]c5ccccc45)[C@@]2(C)[C@H]1CC3.O=C([O-])C(F)(F)F. The van der Waals surface area contributed by atoms with E-state index in [1.165, 1.54) is 47.9 Å². The monoisotopic (exact) mass is 392 g/mol. The van der Waals surface area contributed by atoms with Crippen molar-refractivity contribution < 1.29 is 27.6 Å². The number of fused-ring (bicyclic) bond motifs is 3. The summed E-state index contributed by atoms with van der Waals surface area (Å²) in [5, 5.41) is 10.2. The van der Waals surface area contributed by atoms with E-state index in [0.717, 1.165) is 5.92 Å². The van der Waals surface area contributed by atoms with E-state index in [4.69, 9.17) is 9.90 Å². The number of benzene rings is 1. The first-order valence-corrected chi connectivity index (χ1v) is 9.53. The summed E-state index contributed by atoms with van der Waals surface area (Å²) in [4.78, 5) is 12.6. The molecule has 1 aromatic heterocycles. The van der Waals surface area contributed by atoms with E-state index in [-0.39, 0.29) is 5.54 Å². The highest BCUT2D eigenvalue weighted by Crippen LogP contribution is 2.60. The van der Waals surface area contributed by atoms with Gasteiger partial charge in [-0.1, -0.05) is 24.3 Å². The molecule has 28 heavy (non-hydrogen) atoms. The van der Waals surface area contributed by atoms with Crippen molar-refractivity contribution in [2.75, 3.05) is 19.6 Å². The van der Waals surface area contributed by atoms with Crippen LogP contribution in [0, 0.1) is 5.92 Å². The number of alkyl halides is 3. The largest absolute Gasteiger partial charge is 0.542 e. The zero-order valence-electron chi connectivity index (χ0n) is 15.9. The van der Waals surface area contributed by atoms with Gasteiger partial charge in [-0.25, -0.2) is 0 Å². The van der Waals surface area contributed by atoms with Gasteiger partial charge < -0.3 is 19.4 Å². The van der Waals surface area contributed by atoms with Gasteiger partial charge >= 0.3 is 6.18 Å². The average molecular weight is 392 g/mol. The summed E-state index contributed by atoms with van der Waals surface area (Å²) in [5.74, 6) is -2.26. The van der Waals surface area contributed by atoms with Crippen LogP contribution in [0.5, 0.6) is 0 Å². The number of aromatic amines is 1. The van der Waals surface area contributed by atoms with Crippen LogP contribution in [0.25, 0.3) is 10.9 Å². The highest BCUT2D eigenvalue weighted by Gasteiger charge is 2.67. The van der Waals surface area contributed by atoms with E-state index in [0.29, 0.717) is 0 Å². The van der Waals surface area contributed by atoms with Gasteiger partial charge in [0.05, 0.1) is 24.7 Å². The lowest BCUT2D eigenvalue weighted by molar-refractivity contribution is -0.961. The number of quaternary nitrogens is 1. The Morgan fingerprint density at radius 3 is 2.64 bits per heavy atom. The normalized spacial score (nSPS) is 32.0. The summed E-state index contributed by atoms with van der Waals surface area (Å²) in [7, 11) is 0. The molecule has 3 aliphatic heterocycles. The third-order valence-electron chi connectivity index (χ3n) is 7.15. The van der Waals surface area contributed by atoms with Crippen LogP contribution in [-0.4, -0.2) is 41.2 Å². The summed E-state index contributed by atoms with van der Waals surface area (Å²) in [6.07, 6.45) is -0.195. The first kappa shape index (κ1) is 19.1. The number of hydrogen-bond acceptors (Lipinski definition) is 2. The van der Waals surface area contributed by atoms with Gasteiger partial charge in [-0.05, 0) is 31.1 Å². The molecule has 0 aliphatic carbocycles. The molecule has 0 radical (unpaired) electrons. The van der Waals surface area contributed by atoms with Gasteiger partial charge in [0.15, 0.2) is 0 Å². The Morgan fingerprint density at radius 1 is 1.32 bits per heavy atom. The van der Waals surface area contributed by atoms with E-state index >= 15 is 0 Å². The molecule has 0 amide bonds. The third-order valence-corrected chi connectivity index (χ3v) is 7.15. The van der Waals surface area contributed by atoms with Crippen molar-refractivity contribution in [2.45, 2.75) is 38.4 Å². The molecule has 2 saturated heterocycles. The van der Waals surface area contributed by atoms with Crippen molar-refractivity contribution in [3.63, 3.8) is 0 Å². The van der Waals surface area contributed by atoms with Crippen molar-refractivity contribution in [2.24, 2.45) is 5.92 Å². The second kappa shape index (κ2) is 6.11. The standard InChI is InChI=1S/C19H23N2.C2HF3O2/c1-3-13-12-21-10-8-15-14-6-4-5-7-17(14)20-18(15)19(21,2)16(13)9-11-21;3-2(4,5)1(6)7/h3-7,16,20H,8-12H2,1-2H3;(H,6,7)/q+1;/p-1/b13-3-;/t16-,19+,21?;/m0./s1. The Morgan fingerprint density at radius 2 is 2.00 bits per heavy atom. The van der Waals surface area contributed by atoms with Crippen LogP contribution < -0.4 is 5.11 Å². The lowest BCUT2D eigenvalue weighted by Crippen LogP contribution is -2.58. The number of para-hydroxylation sites is 1. The molecule has 5 rings (SSSR count). The van der Waals surface area contributed by atoms with Gasteiger partial charge in [0, 0.05) is 23.7 Å². The van der Waals surface area contributed by atoms with Crippen molar-refractivity contribution in [1.82, 2.24) is 4.98 Å². The lowest BCUT2D eigenvalue weighted by atomic mass is 9.78. The highest BCUT2D eigenvalue weighted by atomic mass is 19.4. The van der Waals surface area contributed by atoms with Gasteiger partial charge in [0.2, 0.25) is 0 Å². The first-order chi connectivity index (χ1) is 13.1. The predicted molar refractivity (Wildman–Crippen MR) is 97.1 cm³/mol. The van der Waals surface area contributed by atoms with Crippen molar-refractivity contribution in [1.29, 1.82) is 0 Å². The highest BCUT2D eigenvalue weighted by molar-refractivity contribution is 5.85. The first-order valence-electron chi connectivity index (χ1n) is 9.53. The number of halogens is 3. The lowest BCUT2D eigenvalue weighted by Gasteiger charge is -2.46. The third kappa shape index (κ3) is 2.45. The number of aromatic nitrogens is 1. The van der Waals surface area contributed by atoms with Crippen LogP contribution in [0.3, 0.4) is 0 Å². The smallest absolute Gasteiger partial charge is 0.430 e. The molecule has 150 valence electrons. The number of carboxylic acid groups (broad SMARTS) is 1. The summed E-state index contributed by atoms with van der Waals surface area (Å²) in [5.41, 5.74) is 6.48. The summed E-state index contributed by atoms with van der Waals surface area (Å²) >= 11 is 0. The molecule has 1 aromatic carbocycles. The number of piperidine rings is 1. The molecular weight excluding hydrogens is 369 g/mol. The number of nitrogens with one attached hydrogen (secondary N) is 1. The number of carbonyl (C=O) groups excluding carboxylic acids is 1. The van der Waals surface area contributed by atoms with E-state index in [1.807, 2.05) is 0 Å². The Labute approximate surface area is 161 Å². The maximum Gasteiger partial charge on any atom is 0.430 e. The predicted octanol–water partition coefficient (Wildman–Crippen LogP) is 3.03. The van der Waals surface area contributed by atoms with Gasteiger partial charge in [-0.15, -0.1) is 0 Å². The summed E-state index contributed by atoms with van der Waals surface area (Å²) < 4.78 is 32.9. The minimum Gasteiger partial charge on any atom is -0.542 e. The van der Waals surface area contributed by atoms with Gasteiger partial charge in [0.1, 0.15) is 18.1 Å². The number of carboxylic acids is 1. The maximum absolute atomic E-state index is 10.5. The quantitative estimate of drug-likeness (QED) is 0.554. The second-order valence-electron chi connectivity index (χ2n) is 8.16. The minimum atomic E-state index is -5.19. The number of hydrogen-bond donors (Lipinski definition) is 1. The molecular formula is C21H23F3N2O2. The number of aliphatic carboxylic acids is 1. The van der Waals surface area contributed by atoms with Crippen molar-refractivity contribution in [3.8, 4) is 0 Å². The van der Waals surface area contributed by atoms with Crippen LogP contribution in [0.1, 0.15) is 31.5 Å². The second-order valence-corrected chi connectivity index (χ2v) is 8.16. The number of carbonyl (C=O) groups is 1. The zero-order chi connectivity index (χ0) is 20.3. The van der Waals surface area contributed by atoms with Crippen LogP contribution in [0.4, 0.5) is 13.2 Å². The topological polar surface area (TPSA) is 55.9 Å². The van der Waals surface area contributed by atoms with E-state index < -0.39 is 12.1 Å². The molecule has 3 aliphatic rings. The molecule has 3 atom stereocenters. The van der Waals surface area contributed by atoms with E-state index in [2.05, 4.69) is 49.2 Å². The fourth-order valence-corrected chi connectivity index (χ4v) is 5.81. The fourth-order valence-electron chi connectivity index (χ4n) is 5.81. The number of allylic oxidation sites excluding steroid dienone is 1. The zero-order valence-corrected chi connectivity index (χ0v) is 15.9. The van der Waals surface area contributed by atoms with E-state index in [9.17, 15) is 13.2 Å². The van der Waals surface area contributed by atoms with Crippen LogP contribution in [0.2, 0.25) is 0 Å². The molecule has 4 nitrogen and oxygen atoms in total. The average Bonchev–Trinajstić information content (AvgIpc) is 3.25. The van der Waals surface area contributed by atoms with Crippen molar-refractivity contribution >= 4 is 16.9 Å². The molecule has 7 heteroatoms. The Kier molecular flexibility index (Phi) is 4.16. The Bertz CT molecular complexity index is 978. The van der Waals surface area contributed by atoms with Gasteiger partial charge in [-0.3, -0.25) is 0 Å². The number of rotatable bonds is 0. The number of nitrogens with zero attached hydrogens (tertiary/aromatic N) is 1. The van der Waals surface area contributed by atoms with Gasteiger partial charge in [0.25, 0.3) is 0 Å². The molecule has 1 unspecified atom stereocenters. The maximum atomic E-state index is 10.5. The minimum absolute atomic E-state index is 0.286. The number of H-pyrrole nitrogens is 1. The molecule has 2 fully saturated rings. The van der Waals surface area contributed by atoms with Crippen LogP contribution in [-0.2, 0) is 16.8 Å². The summed E-state index contributed by atoms with van der Waals surface area (Å²) in [6.45, 7) is 8.74. The van der Waals surface area contributed by atoms with Crippen LogP contribution in [0.15, 0.2) is 35.9 Å². The van der Waals surface area contributed by atoms with Gasteiger partial charge in [-0.2, -0.15) is 13.2 Å². The Balaban J connectivity index is 0.000000239. The molecule has 2 aromatic rings. The Hall–Kier alpha value is -2.28. The molecule has 2 bridgehead atoms. The van der Waals surface area contributed by atoms with Crippen molar-refractivity contribution in [3.05, 3.63) is 47.2 Å². The summed E-state index contributed by atoms with van der Waals surface area (Å²) in [6, 6.07) is 8.87. The molecule has 0 saturated carbocycles. The molecule has 1 N–H and O–H groups in total. The fraction of sp³-hybridized carbons (Fsp3) is 0.476. The van der Waals surface area contributed by atoms with Crippen LogP contribution >= 0.6 is 0 Å².